The third kappa shape index (κ3) is 3.12. The van der Waals surface area contributed by atoms with E-state index in [0.717, 1.165) is 44.0 Å². The van der Waals surface area contributed by atoms with Crippen LogP contribution in [0.4, 0.5) is 5.82 Å². The summed E-state index contributed by atoms with van der Waals surface area (Å²) >= 11 is 0. The van der Waals surface area contributed by atoms with Crippen LogP contribution in [0.3, 0.4) is 0 Å². The van der Waals surface area contributed by atoms with Crippen LogP contribution >= 0.6 is 0 Å². The maximum Gasteiger partial charge on any atom is 0.360 e. The van der Waals surface area contributed by atoms with E-state index in [4.69, 9.17) is 0 Å². The molecule has 3 rings (SSSR count). The van der Waals surface area contributed by atoms with Crippen LogP contribution in [-0.2, 0) is 0 Å². The van der Waals surface area contributed by atoms with E-state index in [2.05, 4.69) is 22.0 Å². The zero-order valence-corrected chi connectivity index (χ0v) is 14.4. The van der Waals surface area contributed by atoms with Crippen LogP contribution in [0.1, 0.15) is 28.5 Å². The number of aryl methyl sites for hydroxylation is 2. The molecule has 1 aliphatic heterocycles. The van der Waals surface area contributed by atoms with E-state index in [1.54, 1.807) is 0 Å². The molecule has 0 saturated carbocycles. The number of carbonyl (C=O) groups is 1. The first-order chi connectivity index (χ1) is 11.5. The molecule has 2 aromatic rings. The molecule has 1 aromatic heterocycles. The molecule has 128 valence electrons. The predicted octanol–water partition coefficient (Wildman–Crippen LogP) is 1.72. The standard InChI is InChI=1S/C17H23N5O2/c1-4-20-7-9-21(10-8-20)16-15(17(23)24)18-22(19-16)14-6-5-12(2)13(3)11-14/h5-6,11H,4,7-10H2,1-3H3,(H,23,24). The lowest BCUT2D eigenvalue weighted by Gasteiger charge is -2.34. The van der Waals surface area contributed by atoms with E-state index in [9.17, 15) is 9.90 Å². The van der Waals surface area contributed by atoms with E-state index < -0.39 is 5.97 Å². The van der Waals surface area contributed by atoms with Crippen LogP contribution in [0.15, 0.2) is 18.2 Å². The van der Waals surface area contributed by atoms with Crippen molar-refractivity contribution in [2.24, 2.45) is 0 Å². The van der Waals surface area contributed by atoms with Crippen molar-refractivity contribution >= 4 is 11.8 Å². The molecule has 1 aliphatic rings. The topological polar surface area (TPSA) is 74.5 Å². The number of anilines is 1. The Morgan fingerprint density at radius 1 is 1.12 bits per heavy atom. The first kappa shape index (κ1) is 16.4. The van der Waals surface area contributed by atoms with Crippen molar-refractivity contribution in [1.82, 2.24) is 19.9 Å². The average molecular weight is 329 g/mol. The number of aromatic carboxylic acids is 1. The Labute approximate surface area is 141 Å². The highest BCUT2D eigenvalue weighted by molar-refractivity contribution is 5.91. The fourth-order valence-corrected chi connectivity index (χ4v) is 2.89. The molecule has 0 unspecified atom stereocenters. The summed E-state index contributed by atoms with van der Waals surface area (Å²) in [5.41, 5.74) is 3.09. The van der Waals surface area contributed by atoms with Gasteiger partial charge >= 0.3 is 5.97 Å². The maximum atomic E-state index is 11.6. The lowest BCUT2D eigenvalue weighted by molar-refractivity contribution is 0.0690. The molecule has 1 fully saturated rings. The van der Waals surface area contributed by atoms with Crippen molar-refractivity contribution in [2.45, 2.75) is 20.8 Å². The molecular formula is C17H23N5O2. The molecule has 1 N–H and O–H groups in total. The Morgan fingerprint density at radius 2 is 1.83 bits per heavy atom. The quantitative estimate of drug-likeness (QED) is 0.921. The summed E-state index contributed by atoms with van der Waals surface area (Å²) in [4.78, 5) is 17.4. The summed E-state index contributed by atoms with van der Waals surface area (Å²) < 4.78 is 0. The second kappa shape index (κ2) is 6.60. The van der Waals surface area contributed by atoms with Gasteiger partial charge in [-0.15, -0.1) is 15.0 Å². The number of benzene rings is 1. The Bertz CT molecular complexity index is 747. The molecule has 24 heavy (non-hydrogen) atoms. The number of carboxylic acid groups (broad SMARTS) is 1. The molecule has 0 spiro atoms. The minimum absolute atomic E-state index is 0.0122. The lowest BCUT2D eigenvalue weighted by atomic mass is 10.1. The van der Waals surface area contributed by atoms with Crippen LogP contribution in [0.25, 0.3) is 5.69 Å². The highest BCUT2D eigenvalue weighted by Gasteiger charge is 2.26. The number of nitrogens with zero attached hydrogens (tertiary/aromatic N) is 5. The van der Waals surface area contributed by atoms with Gasteiger partial charge in [-0.1, -0.05) is 13.0 Å². The predicted molar refractivity (Wildman–Crippen MR) is 92.1 cm³/mol. The van der Waals surface area contributed by atoms with Gasteiger partial charge in [-0.2, -0.15) is 0 Å². The summed E-state index contributed by atoms with van der Waals surface area (Å²) in [7, 11) is 0. The van der Waals surface area contributed by atoms with Crippen molar-refractivity contribution in [3.05, 3.63) is 35.0 Å². The van der Waals surface area contributed by atoms with Gasteiger partial charge in [0.2, 0.25) is 5.69 Å². The highest BCUT2D eigenvalue weighted by Crippen LogP contribution is 2.21. The molecule has 1 saturated heterocycles. The molecule has 7 heteroatoms. The molecule has 0 atom stereocenters. The second-order valence-electron chi connectivity index (χ2n) is 6.16. The smallest absolute Gasteiger partial charge is 0.360 e. The van der Waals surface area contributed by atoms with E-state index >= 15 is 0 Å². The van der Waals surface area contributed by atoms with Crippen LogP contribution in [0.2, 0.25) is 0 Å². The van der Waals surface area contributed by atoms with Gasteiger partial charge in [0.1, 0.15) is 0 Å². The van der Waals surface area contributed by atoms with Crippen LogP contribution < -0.4 is 4.90 Å². The minimum atomic E-state index is -1.04. The van der Waals surface area contributed by atoms with Gasteiger partial charge in [-0.05, 0) is 43.7 Å². The number of aromatic nitrogens is 3. The Kier molecular flexibility index (Phi) is 4.53. The Hall–Kier alpha value is -2.41. The number of piperazine rings is 1. The molecule has 0 aliphatic carbocycles. The summed E-state index contributed by atoms with van der Waals surface area (Å²) in [6.07, 6.45) is 0. The zero-order valence-electron chi connectivity index (χ0n) is 14.4. The first-order valence-electron chi connectivity index (χ1n) is 8.25. The van der Waals surface area contributed by atoms with Crippen LogP contribution in [-0.4, -0.2) is 63.7 Å². The monoisotopic (exact) mass is 329 g/mol. The Morgan fingerprint density at radius 3 is 2.42 bits per heavy atom. The van der Waals surface area contributed by atoms with Gasteiger partial charge in [-0.3, -0.25) is 0 Å². The normalized spacial score (nSPS) is 15.7. The minimum Gasteiger partial charge on any atom is -0.476 e. The van der Waals surface area contributed by atoms with Gasteiger partial charge in [0.05, 0.1) is 5.69 Å². The van der Waals surface area contributed by atoms with E-state index in [0.29, 0.717) is 5.82 Å². The molecular weight excluding hydrogens is 306 g/mol. The van der Waals surface area contributed by atoms with Crippen molar-refractivity contribution in [3.8, 4) is 5.69 Å². The van der Waals surface area contributed by atoms with Crippen LogP contribution in [0, 0.1) is 13.8 Å². The van der Waals surface area contributed by atoms with Crippen LogP contribution in [0.5, 0.6) is 0 Å². The third-order valence-electron chi connectivity index (χ3n) is 4.64. The van der Waals surface area contributed by atoms with E-state index in [1.165, 1.54) is 10.4 Å². The number of rotatable bonds is 4. The summed E-state index contributed by atoms with van der Waals surface area (Å²) in [6, 6.07) is 5.88. The van der Waals surface area contributed by atoms with Gasteiger partial charge in [-0.25, -0.2) is 4.79 Å². The highest BCUT2D eigenvalue weighted by atomic mass is 16.4. The number of hydrogen-bond donors (Lipinski definition) is 1. The number of hydrogen-bond acceptors (Lipinski definition) is 5. The van der Waals surface area contributed by atoms with Crippen molar-refractivity contribution < 1.29 is 9.90 Å². The van der Waals surface area contributed by atoms with E-state index in [1.807, 2.05) is 36.9 Å². The maximum absolute atomic E-state index is 11.6. The van der Waals surface area contributed by atoms with Crippen molar-refractivity contribution in [2.75, 3.05) is 37.6 Å². The lowest BCUT2D eigenvalue weighted by Crippen LogP contribution is -2.46. The second-order valence-corrected chi connectivity index (χ2v) is 6.16. The summed E-state index contributed by atoms with van der Waals surface area (Å²) in [5.74, 6) is -0.588. The summed E-state index contributed by atoms with van der Waals surface area (Å²) in [5, 5.41) is 18.2. The molecule has 0 amide bonds. The molecule has 0 bridgehead atoms. The van der Waals surface area contributed by atoms with E-state index in [-0.39, 0.29) is 5.69 Å². The van der Waals surface area contributed by atoms with Gasteiger partial charge in [0.25, 0.3) is 0 Å². The fourth-order valence-electron chi connectivity index (χ4n) is 2.89. The third-order valence-corrected chi connectivity index (χ3v) is 4.64. The number of carboxylic acids is 1. The first-order valence-corrected chi connectivity index (χ1v) is 8.25. The molecule has 2 heterocycles. The molecule has 1 aromatic carbocycles. The van der Waals surface area contributed by atoms with Gasteiger partial charge in [0, 0.05) is 26.2 Å². The van der Waals surface area contributed by atoms with Crippen molar-refractivity contribution in [3.63, 3.8) is 0 Å². The zero-order chi connectivity index (χ0) is 17.3. The Balaban J connectivity index is 1.93. The van der Waals surface area contributed by atoms with Gasteiger partial charge in [0.15, 0.2) is 5.82 Å². The number of likely N-dealkylation sites (N-methyl/N-ethyl adjacent to an activating group) is 1. The van der Waals surface area contributed by atoms with Gasteiger partial charge < -0.3 is 14.9 Å². The molecule has 7 nitrogen and oxygen atoms in total. The van der Waals surface area contributed by atoms with Crippen molar-refractivity contribution in [1.29, 1.82) is 0 Å². The summed E-state index contributed by atoms with van der Waals surface area (Å²) in [6.45, 7) is 10.5. The fraction of sp³-hybridized carbons (Fsp3) is 0.471. The SMILES string of the molecule is CCN1CCN(c2nn(-c3ccc(C)c(C)c3)nc2C(=O)O)CC1. The average Bonchev–Trinajstić information content (AvgIpc) is 3.03. The molecule has 0 radical (unpaired) electrons. The largest absolute Gasteiger partial charge is 0.476 e.